The summed E-state index contributed by atoms with van der Waals surface area (Å²) in [6.45, 7) is 6.93. The predicted molar refractivity (Wildman–Crippen MR) is 34.3 cm³/mol. The standard InChI is InChI=1S/C7H11F/c1-4-6(3)7(8)5-2/h4H,1,5H2,2-3H3/b7-6+. The number of allylic oxidation sites excluding steroid dienone is 3. The molecule has 0 radical (unpaired) electrons. The van der Waals surface area contributed by atoms with Crippen LogP contribution in [0.5, 0.6) is 0 Å². The van der Waals surface area contributed by atoms with Crippen molar-refractivity contribution in [2.24, 2.45) is 0 Å². The zero-order chi connectivity index (χ0) is 6.57. The van der Waals surface area contributed by atoms with Crippen LogP contribution in [0.1, 0.15) is 20.3 Å². The van der Waals surface area contributed by atoms with Crippen molar-refractivity contribution in [3.63, 3.8) is 0 Å². The van der Waals surface area contributed by atoms with E-state index in [0.717, 1.165) is 0 Å². The van der Waals surface area contributed by atoms with Crippen molar-refractivity contribution >= 4 is 0 Å². The molecule has 0 aromatic heterocycles. The minimum Gasteiger partial charge on any atom is -0.212 e. The summed E-state index contributed by atoms with van der Waals surface area (Å²) >= 11 is 0. The summed E-state index contributed by atoms with van der Waals surface area (Å²) < 4.78 is 12.3. The monoisotopic (exact) mass is 114 g/mol. The van der Waals surface area contributed by atoms with Gasteiger partial charge in [0, 0.05) is 0 Å². The van der Waals surface area contributed by atoms with Gasteiger partial charge in [0.2, 0.25) is 0 Å². The van der Waals surface area contributed by atoms with Gasteiger partial charge in [-0.05, 0) is 18.9 Å². The zero-order valence-electron chi connectivity index (χ0n) is 5.37. The minimum absolute atomic E-state index is 0.0694. The molecule has 0 heterocycles. The molecule has 0 fully saturated rings. The molecule has 0 bridgehead atoms. The van der Waals surface area contributed by atoms with Crippen LogP contribution in [0.25, 0.3) is 0 Å². The third kappa shape index (κ3) is 1.92. The second-order valence-electron chi connectivity index (χ2n) is 1.65. The highest BCUT2D eigenvalue weighted by atomic mass is 19.1. The van der Waals surface area contributed by atoms with E-state index in [1.807, 2.05) is 0 Å². The Balaban J connectivity index is 4.03. The van der Waals surface area contributed by atoms with E-state index in [1.165, 1.54) is 6.08 Å². The summed E-state index contributed by atoms with van der Waals surface area (Å²) in [5.41, 5.74) is 0.646. The quantitative estimate of drug-likeness (QED) is 0.484. The summed E-state index contributed by atoms with van der Waals surface area (Å²) in [5.74, 6) is -0.0694. The van der Waals surface area contributed by atoms with Crippen LogP contribution < -0.4 is 0 Å². The number of rotatable bonds is 2. The van der Waals surface area contributed by atoms with Gasteiger partial charge in [-0.3, -0.25) is 0 Å². The molecule has 0 rings (SSSR count). The van der Waals surface area contributed by atoms with E-state index in [4.69, 9.17) is 0 Å². The van der Waals surface area contributed by atoms with Crippen LogP contribution in [0.3, 0.4) is 0 Å². The maximum atomic E-state index is 12.3. The molecule has 0 aliphatic carbocycles. The Bertz CT molecular complexity index is 112. The molecule has 0 nitrogen and oxygen atoms in total. The van der Waals surface area contributed by atoms with E-state index < -0.39 is 0 Å². The van der Waals surface area contributed by atoms with Crippen LogP contribution in [-0.4, -0.2) is 0 Å². The molecular weight excluding hydrogens is 103 g/mol. The van der Waals surface area contributed by atoms with Gasteiger partial charge in [-0.15, -0.1) is 0 Å². The van der Waals surface area contributed by atoms with Gasteiger partial charge in [0.15, 0.2) is 0 Å². The van der Waals surface area contributed by atoms with E-state index in [1.54, 1.807) is 13.8 Å². The Kier molecular flexibility index (Phi) is 3.16. The van der Waals surface area contributed by atoms with E-state index in [-0.39, 0.29) is 5.83 Å². The molecule has 0 saturated carbocycles. The smallest absolute Gasteiger partial charge is 0.103 e. The van der Waals surface area contributed by atoms with Gasteiger partial charge in [0.05, 0.1) is 0 Å². The van der Waals surface area contributed by atoms with Crippen molar-refractivity contribution in [1.82, 2.24) is 0 Å². The molecular formula is C7H11F. The first-order valence-corrected chi connectivity index (χ1v) is 2.70. The van der Waals surface area contributed by atoms with Crippen molar-refractivity contribution < 1.29 is 4.39 Å². The number of hydrogen-bond acceptors (Lipinski definition) is 0. The lowest BCUT2D eigenvalue weighted by atomic mass is 10.2. The lowest BCUT2D eigenvalue weighted by Crippen LogP contribution is -1.73. The molecule has 0 N–H and O–H groups in total. The van der Waals surface area contributed by atoms with Crippen LogP contribution in [-0.2, 0) is 0 Å². The van der Waals surface area contributed by atoms with Gasteiger partial charge in [-0.2, -0.15) is 0 Å². The van der Waals surface area contributed by atoms with Gasteiger partial charge < -0.3 is 0 Å². The van der Waals surface area contributed by atoms with E-state index >= 15 is 0 Å². The number of halogens is 1. The average Bonchev–Trinajstić information content (AvgIpc) is 1.84. The largest absolute Gasteiger partial charge is 0.212 e. The van der Waals surface area contributed by atoms with E-state index in [2.05, 4.69) is 6.58 Å². The highest BCUT2D eigenvalue weighted by Gasteiger charge is 1.90. The summed E-state index contributed by atoms with van der Waals surface area (Å²) in [4.78, 5) is 0. The average molecular weight is 114 g/mol. The lowest BCUT2D eigenvalue weighted by Gasteiger charge is -1.91. The van der Waals surface area contributed by atoms with E-state index in [9.17, 15) is 4.39 Å². The van der Waals surface area contributed by atoms with Crippen LogP contribution in [0.4, 0.5) is 4.39 Å². The first-order valence-electron chi connectivity index (χ1n) is 2.70. The van der Waals surface area contributed by atoms with Crippen molar-refractivity contribution in [3.05, 3.63) is 24.1 Å². The number of hydrogen-bond donors (Lipinski definition) is 0. The fourth-order valence-corrected chi connectivity index (χ4v) is 0.390. The molecule has 0 unspecified atom stereocenters. The van der Waals surface area contributed by atoms with E-state index in [0.29, 0.717) is 12.0 Å². The first kappa shape index (κ1) is 7.41. The Morgan fingerprint density at radius 3 is 2.38 bits per heavy atom. The molecule has 8 heavy (non-hydrogen) atoms. The molecule has 1 heteroatoms. The zero-order valence-corrected chi connectivity index (χ0v) is 5.37. The molecule has 0 aromatic carbocycles. The summed E-state index contributed by atoms with van der Waals surface area (Å²) in [6, 6.07) is 0. The maximum Gasteiger partial charge on any atom is 0.103 e. The second kappa shape index (κ2) is 3.42. The SMILES string of the molecule is C=C/C(C)=C(/F)CC. The van der Waals surface area contributed by atoms with Crippen molar-refractivity contribution in [2.75, 3.05) is 0 Å². The first-order chi connectivity index (χ1) is 3.72. The molecule has 0 amide bonds. The van der Waals surface area contributed by atoms with Gasteiger partial charge in [-0.25, -0.2) is 4.39 Å². The fraction of sp³-hybridized carbons (Fsp3) is 0.429. The van der Waals surface area contributed by atoms with Crippen LogP contribution in [0.2, 0.25) is 0 Å². The second-order valence-corrected chi connectivity index (χ2v) is 1.65. The van der Waals surface area contributed by atoms with Gasteiger partial charge >= 0.3 is 0 Å². The lowest BCUT2D eigenvalue weighted by molar-refractivity contribution is 0.595. The Morgan fingerprint density at radius 2 is 2.25 bits per heavy atom. The van der Waals surface area contributed by atoms with Crippen molar-refractivity contribution in [1.29, 1.82) is 0 Å². The summed E-state index contributed by atoms with van der Waals surface area (Å²) in [6.07, 6.45) is 2.00. The Labute approximate surface area is 49.7 Å². The van der Waals surface area contributed by atoms with Crippen LogP contribution >= 0.6 is 0 Å². The normalized spacial score (nSPS) is 12.9. The molecule has 0 saturated heterocycles. The fourth-order valence-electron chi connectivity index (χ4n) is 0.390. The highest BCUT2D eigenvalue weighted by Crippen LogP contribution is 2.08. The van der Waals surface area contributed by atoms with Gasteiger partial charge in [-0.1, -0.05) is 19.6 Å². The van der Waals surface area contributed by atoms with Crippen molar-refractivity contribution in [2.45, 2.75) is 20.3 Å². The molecule has 0 aliphatic rings. The molecule has 46 valence electrons. The molecule has 0 aliphatic heterocycles. The Morgan fingerprint density at radius 1 is 1.75 bits per heavy atom. The minimum atomic E-state index is -0.0694. The molecule has 0 atom stereocenters. The highest BCUT2D eigenvalue weighted by molar-refractivity contribution is 5.16. The third-order valence-electron chi connectivity index (χ3n) is 1.04. The topological polar surface area (TPSA) is 0 Å². The van der Waals surface area contributed by atoms with Crippen LogP contribution in [0, 0.1) is 0 Å². The third-order valence-corrected chi connectivity index (χ3v) is 1.04. The Hall–Kier alpha value is -0.590. The van der Waals surface area contributed by atoms with Crippen molar-refractivity contribution in [3.8, 4) is 0 Å². The predicted octanol–water partition coefficient (Wildman–Crippen LogP) is 2.83. The summed E-state index contributed by atoms with van der Waals surface area (Å²) in [5, 5.41) is 0. The van der Waals surface area contributed by atoms with Gasteiger partial charge in [0.25, 0.3) is 0 Å². The molecule has 0 aromatic rings. The van der Waals surface area contributed by atoms with Crippen LogP contribution in [0.15, 0.2) is 24.1 Å². The van der Waals surface area contributed by atoms with Gasteiger partial charge in [0.1, 0.15) is 5.83 Å². The summed E-state index contributed by atoms with van der Waals surface area (Å²) in [7, 11) is 0. The molecule has 0 spiro atoms. The maximum absolute atomic E-state index is 12.3.